The van der Waals surface area contributed by atoms with E-state index >= 15 is 0 Å². The summed E-state index contributed by atoms with van der Waals surface area (Å²) in [6, 6.07) is 11.8. The fourth-order valence-electron chi connectivity index (χ4n) is 3.32. The van der Waals surface area contributed by atoms with Crippen LogP contribution in [0.4, 0.5) is 5.69 Å². The van der Waals surface area contributed by atoms with Gasteiger partial charge in [0.25, 0.3) is 0 Å². The molecule has 0 saturated carbocycles. The molecule has 0 atom stereocenters. The molecule has 0 aliphatic rings. The molecule has 0 aliphatic carbocycles. The highest BCUT2D eigenvalue weighted by Crippen LogP contribution is 2.32. The SMILES string of the molecule is COc1cc(NC(=O)C(=O)NC(C)(C)Cc2cccc(OCC(=O)O)c2)ccc1-c1cnco1. The Labute approximate surface area is 195 Å². The highest BCUT2D eigenvalue weighted by molar-refractivity contribution is 6.39. The summed E-state index contributed by atoms with van der Waals surface area (Å²) in [6.07, 6.45) is 3.23. The van der Waals surface area contributed by atoms with Gasteiger partial charge in [-0.2, -0.15) is 0 Å². The first kappa shape index (κ1) is 24.3. The summed E-state index contributed by atoms with van der Waals surface area (Å²) in [6.45, 7) is 3.10. The van der Waals surface area contributed by atoms with Crippen LogP contribution in [0.3, 0.4) is 0 Å². The van der Waals surface area contributed by atoms with E-state index in [9.17, 15) is 14.4 Å². The number of hydrogen-bond acceptors (Lipinski definition) is 7. The van der Waals surface area contributed by atoms with Crippen LogP contribution in [0.5, 0.6) is 11.5 Å². The van der Waals surface area contributed by atoms with E-state index in [-0.39, 0.29) is 0 Å². The molecular formula is C24H25N3O7. The number of ether oxygens (including phenoxy) is 2. The minimum Gasteiger partial charge on any atom is -0.496 e. The van der Waals surface area contributed by atoms with E-state index < -0.39 is 29.9 Å². The van der Waals surface area contributed by atoms with Crippen molar-refractivity contribution in [1.82, 2.24) is 10.3 Å². The van der Waals surface area contributed by atoms with Crippen LogP contribution in [0, 0.1) is 0 Å². The van der Waals surface area contributed by atoms with Crippen LogP contribution >= 0.6 is 0 Å². The van der Waals surface area contributed by atoms with E-state index in [0.29, 0.717) is 34.9 Å². The molecular weight excluding hydrogens is 442 g/mol. The number of nitrogens with zero attached hydrogens (tertiary/aromatic N) is 1. The number of rotatable bonds is 9. The van der Waals surface area contributed by atoms with Crippen LogP contribution < -0.4 is 20.1 Å². The van der Waals surface area contributed by atoms with Gasteiger partial charge in [0.05, 0.1) is 18.9 Å². The number of carboxylic acid groups (broad SMARTS) is 1. The molecule has 178 valence electrons. The van der Waals surface area contributed by atoms with Crippen molar-refractivity contribution in [3.63, 3.8) is 0 Å². The molecule has 3 rings (SSSR count). The predicted octanol–water partition coefficient (Wildman–Crippen LogP) is 2.89. The maximum Gasteiger partial charge on any atom is 0.341 e. The average Bonchev–Trinajstić information content (AvgIpc) is 3.32. The zero-order valence-electron chi connectivity index (χ0n) is 19.0. The van der Waals surface area contributed by atoms with E-state index in [2.05, 4.69) is 15.6 Å². The van der Waals surface area contributed by atoms with Crippen LogP contribution in [0.2, 0.25) is 0 Å². The van der Waals surface area contributed by atoms with Gasteiger partial charge in [0, 0.05) is 17.3 Å². The van der Waals surface area contributed by atoms with Gasteiger partial charge in [0.15, 0.2) is 18.8 Å². The smallest absolute Gasteiger partial charge is 0.341 e. The fraction of sp³-hybridized carbons (Fsp3) is 0.250. The topological polar surface area (TPSA) is 140 Å². The summed E-state index contributed by atoms with van der Waals surface area (Å²) in [5.41, 5.74) is 1.06. The second kappa shape index (κ2) is 10.5. The van der Waals surface area contributed by atoms with Crippen LogP contribution in [0.1, 0.15) is 19.4 Å². The Morgan fingerprint density at radius 3 is 2.59 bits per heavy atom. The number of methoxy groups -OCH3 is 1. The highest BCUT2D eigenvalue weighted by Gasteiger charge is 2.25. The van der Waals surface area contributed by atoms with E-state index in [1.807, 2.05) is 6.07 Å². The van der Waals surface area contributed by atoms with E-state index in [1.165, 1.54) is 13.5 Å². The molecule has 0 unspecified atom stereocenters. The molecule has 3 aromatic rings. The number of anilines is 1. The van der Waals surface area contributed by atoms with Gasteiger partial charge < -0.3 is 29.6 Å². The molecule has 3 N–H and O–H groups in total. The lowest BCUT2D eigenvalue weighted by atomic mass is 9.94. The molecule has 0 bridgehead atoms. The first-order valence-electron chi connectivity index (χ1n) is 10.3. The summed E-state index contributed by atoms with van der Waals surface area (Å²) >= 11 is 0. The summed E-state index contributed by atoms with van der Waals surface area (Å²) in [4.78, 5) is 39.6. The normalized spacial score (nSPS) is 10.9. The number of nitrogens with one attached hydrogen (secondary N) is 2. The van der Waals surface area contributed by atoms with Crippen molar-refractivity contribution in [2.75, 3.05) is 19.0 Å². The number of carbonyl (C=O) groups excluding carboxylic acids is 2. The van der Waals surface area contributed by atoms with Crippen molar-refractivity contribution >= 4 is 23.5 Å². The second-order valence-corrected chi connectivity index (χ2v) is 8.08. The third-order valence-corrected chi connectivity index (χ3v) is 4.72. The van der Waals surface area contributed by atoms with Crippen molar-refractivity contribution in [1.29, 1.82) is 0 Å². The maximum absolute atomic E-state index is 12.5. The van der Waals surface area contributed by atoms with Crippen LogP contribution in [-0.4, -0.2) is 47.1 Å². The van der Waals surface area contributed by atoms with Gasteiger partial charge in [0.1, 0.15) is 11.5 Å². The summed E-state index contributed by atoms with van der Waals surface area (Å²) in [5.74, 6) is -1.36. The van der Waals surface area contributed by atoms with Crippen molar-refractivity contribution in [2.45, 2.75) is 25.8 Å². The quantitative estimate of drug-likeness (QED) is 0.408. The molecule has 0 fully saturated rings. The van der Waals surface area contributed by atoms with Gasteiger partial charge in [-0.05, 0) is 50.1 Å². The van der Waals surface area contributed by atoms with Crippen LogP contribution in [0.25, 0.3) is 11.3 Å². The van der Waals surface area contributed by atoms with Crippen molar-refractivity contribution < 1.29 is 33.4 Å². The van der Waals surface area contributed by atoms with Gasteiger partial charge in [-0.1, -0.05) is 12.1 Å². The maximum atomic E-state index is 12.5. The minimum atomic E-state index is -1.07. The lowest BCUT2D eigenvalue weighted by molar-refractivity contribution is -0.139. The molecule has 0 aliphatic heterocycles. The number of hydrogen-bond donors (Lipinski definition) is 3. The molecule has 0 radical (unpaired) electrons. The molecule has 2 aromatic carbocycles. The Kier molecular flexibility index (Phi) is 7.52. The summed E-state index contributed by atoms with van der Waals surface area (Å²) < 4.78 is 15.8. The van der Waals surface area contributed by atoms with Crippen molar-refractivity contribution in [2.24, 2.45) is 0 Å². The lowest BCUT2D eigenvalue weighted by Crippen LogP contribution is -2.49. The number of aromatic nitrogens is 1. The monoisotopic (exact) mass is 467 g/mol. The van der Waals surface area contributed by atoms with Gasteiger partial charge in [0.2, 0.25) is 0 Å². The van der Waals surface area contributed by atoms with E-state index in [0.717, 1.165) is 5.56 Å². The van der Waals surface area contributed by atoms with Gasteiger partial charge in [-0.25, -0.2) is 9.78 Å². The Morgan fingerprint density at radius 2 is 1.91 bits per heavy atom. The minimum absolute atomic E-state index is 0.376. The number of oxazole rings is 1. The third kappa shape index (κ3) is 6.58. The molecule has 0 spiro atoms. The van der Waals surface area contributed by atoms with Crippen molar-refractivity contribution in [3.05, 3.63) is 60.6 Å². The molecule has 1 heterocycles. The summed E-state index contributed by atoms with van der Waals surface area (Å²) in [5, 5.41) is 14.0. The molecule has 10 heteroatoms. The Morgan fingerprint density at radius 1 is 1.12 bits per heavy atom. The number of carbonyl (C=O) groups is 3. The number of aliphatic carboxylic acids is 1. The molecule has 2 amide bonds. The van der Waals surface area contributed by atoms with Crippen molar-refractivity contribution in [3.8, 4) is 22.8 Å². The standard InChI is InChI=1S/C24H25N3O7/c1-24(2,11-15-5-4-6-17(9-15)33-13-21(28)29)27-23(31)22(30)26-16-7-8-18(19(10-16)32-3)20-12-25-14-34-20/h4-10,12,14H,11,13H2,1-3H3,(H,26,30)(H,27,31)(H,28,29). The fourth-order valence-corrected chi connectivity index (χ4v) is 3.32. The lowest BCUT2D eigenvalue weighted by Gasteiger charge is -2.26. The average molecular weight is 467 g/mol. The van der Waals surface area contributed by atoms with Crippen LogP contribution in [-0.2, 0) is 20.8 Å². The van der Waals surface area contributed by atoms with Gasteiger partial charge in [-0.3, -0.25) is 9.59 Å². The molecule has 0 saturated heterocycles. The highest BCUT2D eigenvalue weighted by atomic mass is 16.5. The second-order valence-electron chi connectivity index (χ2n) is 8.08. The Balaban J connectivity index is 1.62. The third-order valence-electron chi connectivity index (χ3n) is 4.72. The Hall–Kier alpha value is -4.34. The zero-order valence-corrected chi connectivity index (χ0v) is 19.0. The van der Waals surface area contributed by atoms with Crippen LogP contribution in [0.15, 0.2) is 59.5 Å². The first-order chi connectivity index (χ1) is 16.2. The van der Waals surface area contributed by atoms with Gasteiger partial charge in [-0.15, -0.1) is 0 Å². The van der Waals surface area contributed by atoms with E-state index in [1.54, 1.807) is 56.4 Å². The number of benzene rings is 2. The molecule has 1 aromatic heterocycles. The number of amides is 2. The summed E-state index contributed by atoms with van der Waals surface area (Å²) in [7, 11) is 1.48. The van der Waals surface area contributed by atoms with E-state index in [4.69, 9.17) is 19.0 Å². The predicted molar refractivity (Wildman–Crippen MR) is 123 cm³/mol. The first-order valence-corrected chi connectivity index (χ1v) is 10.3. The largest absolute Gasteiger partial charge is 0.496 e. The zero-order chi connectivity index (χ0) is 24.7. The number of carboxylic acids is 1. The molecule has 10 nitrogen and oxygen atoms in total. The van der Waals surface area contributed by atoms with Gasteiger partial charge >= 0.3 is 17.8 Å². The Bertz CT molecular complexity index is 1170. The molecule has 34 heavy (non-hydrogen) atoms.